The van der Waals surface area contributed by atoms with Crippen LogP contribution in [-0.4, -0.2) is 33.6 Å². The van der Waals surface area contributed by atoms with Crippen molar-refractivity contribution in [2.75, 3.05) is 6.54 Å². The number of carbonyl (C=O) groups excluding carboxylic acids is 1. The summed E-state index contributed by atoms with van der Waals surface area (Å²) in [5, 5.41) is 13.1. The molecule has 2 rings (SSSR count). The van der Waals surface area contributed by atoms with E-state index in [9.17, 15) is 14.7 Å². The van der Waals surface area contributed by atoms with Crippen molar-refractivity contribution in [3.8, 4) is 0 Å². The molecule has 1 aliphatic rings. The van der Waals surface area contributed by atoms with Crippen LogP contribution in [0.2, 0.25) is 0 Å². The topological polar surface area (TPSA) is 83.6 Å². The van der Waals surface area contributed by atoms with Gasteiger partial charge >= 0.3 is 5.97 Å². The van der Waals surface area contributed by atoms with Crippen LogP contribution < -0.4 is 0 Å². The maximum atomic E-state index is 13.1. The van der Waals surface area contributed by atoms with Gasteiger partial charge in [0.2, 0.25) is 5.91 Å². The number of aryl methyl sites for hydroxylation is 1. The van der Waals surface area contributed by atoms with Gasteiger partial charge in [0.15, 0.2) is 5.76 Å². The highest BCUT2D eigenvalue weighted by Gasteiger charge is 2.43. The third kappa shape index (κ3) is 3.92. The number of carboxylic acids is 1. The lowest BCUT2D eigenvalue weighted by Crippen LogP contribution is -2.44. The van der Waals surface area contributed by atoms with E-state index in [-0.39, 0.29) is 24.3 Å². The molecule has 23 heavy (non-hydrogen) atoms. The standard InChI is InChI=1S/C17H26N2O4/c1-11(2)9-17(4,10-15(20)21)16(22)19-7-5-6-13(19)14-8-12(3)18-23-14/h8,11,13H,5-7,9-10H2,1-4H3,(H,20,21). The number of hydrogen-bond acceptors (Lipinski definition) is 4. The predicted octanol–water partition coefficient (Wildman–Crippen LogP) is 3.17. The zero-order valence-electron chi connectivity index (χ0n) is 14.3. The van der Waals surface area contributed by atoms with E-state index in [1.54, 1.807) is 11.8 Å². The molecular weight excluding hydrogens is 296 g/mol. The van der Waals surface area contributed by atoms with E-state index in [2.05, 4.69) is 5.16 Å². The van der Waals surface area contributed by atoms with Gasteiger partial charge in [0.1, 0.15) is 0 Å². The van der Waals surface area contributed by atoms with Crippen LogP contribution in [0.15, 0.2) is 10.6 Å². The van der Waals surface area contributed by atoms with Crippen molar-refractivity contribution in [2.24, 2.45) is 11.3 Å². The summed E-state index contributed by atoms with van der Waals surface area (Å²) in [5.41, 5.74) is -0.104. The Balaban J connectivity index is 2.25. The molecule has 1 fully saturated rings. The van der Waals surface area contributed by atoms with Crippen molar-refractivity contribution in [1.29, 1.82) is 0 Å². The van der Waals surface area contributed by atoms with E-state index in [0.717, 1.165) is 18.5 Å². The average molecular weight is 322 g/mol. The Kier molecular flexibility index (Phi) is 5.12. The van der Waals surface area contributed by atoms with Crippen molar-refractivity contribution in [1.82, 2.24) is 10.1 Å². The molecule has 0 aliphatic carbocycles. The van der Waals surface area contributed by atoms with Crippen molar-refractivity contribution in [3.63, 3.8) is 0 Å². The van der Waals surface area contributed by atoms with Crippen molar-refractivity contribution < 1.29 is 19.2 Å². The summed E-state index contributed by atoms with van der Waals surface area (Å²) in [6.07, 6.45) is 2.12. The highest BCUT2D eigenvalue weighted by Crippen LogP contribution is 2.39. The average Bonchev–Trinajstić information content (AvgIpc) is 3.03. The Bertz CT molecular complexity index is 581. The molecule has 2 atom stereocenters. The molecule has 1 saturated heterocycles. The van der Waals surface area contributed by atoms with E-state index >= 15 is 0 Å². The molecule has 0 aromatic carbocycles. The second-order valence-corrected chi connectivity index (χ2v) is 7.26. The van der Waals surface area contributed by atoms with Crippen LogP contribution in [-0.2, 0) is 9.59 Å². The third-order valence-electron chi connectivity index (χ3n) is 4.40. The summed E-state index contributed by atoms with van der Waals surface area (Å²) in [7, 11) is 0. The predicted molar refractivity (Wildman–Crippen MR) is 84.7 cm³/mol. The molecule has 0 bridgehead atoms. The summed E-state index contributed by atoms with van der Waals surface area (Å²) in [4.78, 5) is 26.2. The molecule has 1 aromatic heterocycles. The van der Waals surface area contributed by atoms with Crippen LogP contribution in [0.5, 0.6) is 0 Å². The van der Waals surface area contributed by atoms with Gasteiger partial charge in [-0.2, -0.15) is 0 Å². The maximum Gasteiger partial charge on any atom is 0.304 e. The van der Waals surface area contributed by atoms with Gasteiger partial charge in [0, 0.05) is 12.6 Å². The largest absolute Gasteiger partial charge is 0.481 e. The van der Waals surface area contributed by atoms with Crippen molar-refractivity contribution in [3.05, 3.63) is 17.5 Å². The molecule has 1 N–H and O–H groups in total. The number of carboxylic acid groups (broad SMARTS) is 1. The smallest absolute Gasteiger partial charge is 0.304 e. The van der Waals surface area contributed by atoms with Crippen LogP contribution in [0.1, 0.15) is 64.0 Å². The lowest BCUT2D eigenvalue weighted by Gasteiger charge is -2.35. The minimum Gasteiger partial charge on any atom is -0.481 e. The lowest BCUT2D eigenvalue weighted by atomic mass is 9.77. The first kappa shape index (κ1) is 17.5. The van der Waals surface area contributed by atoms with Gasteiger partial charge in [-0.3, -0.25) is 9.59 Å². The normalized spacial score (nSPS) is 20.7. The van der Waals surface area contributed by atoms with Crippen molar-refractivity contribution >= 4 is 11.9 Å². The zero-order valence-corrected chi connectivity index (χ0v) is 14.3. The monoisotopic (exact) mass is 322 g/mol. The summed E-state index contributed by atoms with van der Waals surface area (Å²) in [5.74, 6) is -0.0923. The summed E-state index contributed by atoms with van der Waals surface area (Å²) in [6.45, 7) is 8.27. The van der Waals surface area contributed by atoms with Crippen LogP contribution in [0.4, 0.5) is 0 Å². The molecule has 0 spiro atoms. The number of carbonyl (C=O) groups is 2. The fraction of sp³-hybridized carbons (Fsp3) is 0.706. The number of amides is 1. The molecule has 128 valence electrons. The van der Waals surface area contributed by atoms with Gasteiger partial charge < -0.3 is 14.5 Å². The fourth-order valence-corrected chi connectivity index (χ4v) is 3.66. The Hall–Kier alpha value is -1.85. The highest BCUT2D eigenvalue weighted by molar-refractivity contribution is 5.87. The first-order chi connectivity index (χ1) is 10.7. The van der Waals surface area contributed by atoms with Gasteiger partial charge in [-0.25, -0.2) is 0 Å². The quantitative estimate of drug-likeness (QED) is 0.869. The van der Waals surface area contributed by atoms with Crippen LogP contribution in [0.3, 0.4) is 0 Å². The summed E-state index contributed by atoms with van der Waals surface area (Å²) >= 11 is 0. The second kappa shape index (κ2) is 6.72. The molecule has 1 aromatic rings. The Morgan fingerprint density at radius 1 is 1.52 bits per heavy atom. The fourth-order valence-electron chi connectivity index (χ4n) is 3.66. The van der Waals surface area contributed by atoms with Gasteiger partial charge in [0.25, 0.3) is 0 Å². The lowest BCUT2D eigenvalue weighted by molar-refractivity contribution is -0.151. The minimum absolute atomic E-state index is 0.0925. The third-order valence-corrected chi connectivity index (χ3v) is 4.40. The molecule has 0 radical (unpaired) electrons. The molecule has 6 heteroatoms. The number of aliphatic carboxylic acids is 1. The molecule has 0 saturated carbocycles. The van der Waals surface area contributed by atoms with Gasteiger partial charge in [-0.05, 0) is 32.1 Å². The van der Waals surface area contributed by atoms with E-state index in [1.165, 1.54) is 0 Å². The number of rotatable bonds is 6. The SMILES string of the molecule is Cc1cc(C2CCCN2C(=O)C(C)(CC(=O)O)CC(C)C)on1. The number of likely N-dealkylation sites (tertiary alicyclic amines) is 1. The Morgan fingerprint density at radius 2 is 2.22 bits per heavy atom. The second-order valence-electron chi connectivity index (χ2n) is 7.26. The number of aromatic nitrogens is 1. The van der Waals surface area contributed by atoms with E-state index in [0.29, 0.717) is 18.7 Å². The molecule has 2 unspecified atom stereocenters. The van der Waals surface area contributed by atoms with Crippen LogP contribution in [0.25, 0.3) is 0 Å². The Labute approximate surface area is 136 Å². The van der Waals surface area contributed by atoms with Crippen LogP contribution >= 0.6 is 0 Å². The maximum absolute atomic E-state index is 13.1. The highest BCUT2D eigenvalue weighted by atomic mass is 16.5. The molecular formula is C17H26N2O4. The first-order valence-electron chi connectivity index (χ1n) is 8.19. The first-order valence-corrected chi connectivity index (χ1v) is 8.19. The van der Waals surface area contributed by atoms with E-state index < -0.39 is 11.4 Å². The Morgan fingerprint density at radius 3 is 2.74 bits per heavy atom. The molecule has 6 nitrogen and oxygen atoms in total. The van der Waals surface area contributed by atoms with Gasteiger partial charge in [-0.15, -0.1) is 0 Å². The van der Waals surface area contributed by atoms with Gasteiger partial charge in [0.05, 0.1) is 23.6 Å². The number of hydrogen-bond donors (Lipinski definition) is 1. The van der Waals surface area contributed by atoms with Crippen molar-refractivity contribution in [2.45, 2.75) is 59.4 Å². The molecule has 1 amide bonds. The van der Waals surface area contributed by atoms with Gasteiger partial charge in [-0.1, -0.05) is 25.9 Å². The van der Waals surface area contributed by atoms with E-state index in [1.807, 2.05) is 26.8 Å². The molecule has 2 heterocycles. The van der Waals surface area contributed by atoms with E-state index in [4.69, 9.17) is 4.52 Å². The molecule has 1 aliphatic heterocycles. The zero-order chi connectivity index (χ0) is 17.2. The summed E-state index contributed by atoms with van der Waals surface area (Å²) in [6, 6.07) is 1.72. The minimum atomic E-state index is -0.937. The summed E-state index contributed by atoms with van der Waals surface area (Å²) < 4.78 is 5.34. The van der Waals surface area contributed by atoms with Crippen LogP contribution in [0, 0.1) is 18.3 Å². The number of nitrogens with zero attached hydrogens (tertiary/aromatic N) is 2.